The number of aromatic nitrogens is 2. The van der Waals surface area contributed by atoms with Gasteiger partial charge in [-0.15, -0.1) is 0 Å². The normalized spacial score (nSPS) is 10.1. The molecular weight excluding hydrogens is 290 g/mol. The highest BCUT2D eigenvalue weighted by Crippen LogP contribution is 2.25. The van der Waals surface area contributed by atoms with Crippen molar-refractivity contribution in [3.05, 3.63) is 72.6 Å². The van der Waals surface area contributed by atoms with Gasteiger partial charge in [0, 0.05) is 18.1 Å². The van der Waals surface area contributed by atoms with E-state index in [0.29, 0.717) is 17.2 Å². The number of carbonyl (C=O) groups is 1. The molecule has 23 heavy (non-hydrogen) atoms. The largest absolute Gasteiger partial charge is 0.438 e. The predicted octanol–water partition coefficient (Wildman–Crippen LogP) is 4.22. The number of ketones is 1. The lowest BCUT2D eigenvalue weighted by molar-refractivity contribution is 0.101. The summed E-state index contributed by atoms with van der Waals surface area (Å²) in [5.74, 6) is 1.61. The van der Waals surface area contributed by atoms with Crippen LogP contribution in [0.1, 0.15) is 17.3 Å². The average Bonchev–Trinajstić information content (AvgIpc) is 2.58. The van der Waals surface area contributed by atoms with Gasteiger partial charge in [-0.2, -0.15) is 0 Å². The van der Waals surface area contributed by atoms with Gasteiger partial charge in [0.05, 0.1) is 5.56 Å². The zero-order valence-electron chi connectivity index (χ0n) is 12.6. The first-order valence-electron chi connectivity index (χ1n) is 7.14. The van der Waals surface area contributed by atoms with Crippen LogP contribution in [0.3, 0.4) is 0 Å². The maximum absolute atomic E-state index is 11.6. The summed E-state index contributed by atoms with van der Waals surface area (Å²) in [4.78, 5) is 19.9. The minimum absolute atomic E-state index is 0.0819. The first kappa shape index (κ1) is 14.7. The van der Waals surface area contributed by atoms with Crippen LogP contribution in [0.5, 0.6) is 11.6 Å². The molecule has 2 aromatic heterocycles. The molecule has 2 heterocycles. The summed E-state index contributed by atoms with van der Waals surface area (Å²) in [5.41, 5.74) is 1.35. The van der Waals surface area contributed by atoms with Gasteiger partial charge in [0.25, 0.3) is 0 Å². The molecule has 3 rings (SSSR count). The minimum Gasteiger partial charge on any atom is -0.438 e. The maximum atomic E-state index is 11.6. The molecule has 0 aliphatic rings. The molecule has 0 atom stereocenters. The second-order valence-electron chi connectivity index (χ2n) is 4.88. The van der Waals surface area contributed by atoms with Crippen LogP contribution in [0.15, 0.2) is 67.0 Å². The summed E-state index contributed by atoms with van der Waals surface area (Å²) < 4.78 is 5.70. The number of carbonyl (C=O) groups excluding carboxylic acids is 1. The quantitative estimate of drug-likeness (QED) is 0.715. The first-order chi connectivity index (χ1) is 11.2. The van der Waals surface area contributed by atoms with E-state index in [0.717, 1.165) is 11.5 Å². The summed E-state index contributed by atoms with van der Waals surface area (Å²) in [6.07, 6.45) is 3.32. The van der Waals surface area contributed by atoms with E-state index in [2.05, 4.69) is 15.3 Å². The summed E-state index contributed by atoms with van der Waals surface area (Å²) in [7, 11) is 0. The summed E-state index contributed by atoms with van der Waals surface area (Å²) in [6, 6.07) is 16.4. The standard InChI is InChI=1S/C18H15N3O2/c1-13(22)16-5-4-12-20-18(16)23-15-9-7-14(8-10-15)21-17-6-2-3-11-19-17/h2-12H,1H3,(H,19,21). The highest BCUT2D eigenvalue weighted by Gasteiger charge is 2.10. The highest BCUT2D eigenvalue weighted by molar-refractivity contribution is 5.96. The van der Waals surface area contributed by atoms with E-state index < -0.39 is 0 Å². The Hall–Kier alpha value is -3.21. The van der Waals surface area contributed by atoms with Gasteiger partial charge >= 0.3 is 0 Å². The molecule has 1 N–H and O–H groups in total. The lowest BCUT2D eigenvalue weighted by atomic mass is 10.2. The molecular formula is C18H15N3O2. The number of nitrogens with one attached hydrogen (secondary N) is 1. The monoisotopic (exact) mass is 305 g/mol. The SMILES string of the molecule is CC(=O)c1cccnc1Oc1ccc(Nc2ccccn2)cc1. The number of hydrogen-bond acceptors (Lipinski definition) is 5. The third kappa shape index (κ3) is 3.71. The number of anilines is 2. The van der Waals surface area contributed by atoms with Crippen molar-refractivity contribution < 1.29 is 9.53 Å². The smallest absolute Gasteiger partial charge is 0.230 e. The Morgan fingerprint density at radius 3 is 2.43 bits per heavy atom. The van der Waals surface area contributed by atoms with Crippen molar-refractivity contribution in [2.75, 3.05) is 5.32 Å². The van der Waals surface area contributed by atoms with Crippen LogP contribution in [-0.4, -0.2) is 15.8 Å². The Labute approximate surface area is 134 Å². The number of Topliss-reactive ketones (excluding diaryl/α,β-unsaturated/α-hetero) is 1. The molecule has 0 aliphatic carbocycles. The third-order valence-electron chi connectivity index (χ3n) is 3.16. The van der Waals surface area contributed by atoms with Crippen LogP contribution < -0.4 is 10.1 Å². The van der Waals surface area contributed by atoms with Crippen LogP contribution in [0.2, 0.25) is 0 Å². The fraction of sp³-hybridized carbons (Fsp3) is 0.0556. The van der Waals surface area contributed by atoms with E-state index in [-0.39, 0.29) is 5.78 Å². The molecule has 3 aromatic rings. The number of nitrogens with zero attached hydrogens (tertiary/aromatic N) is 2. The van der Waals surface area contributed by atoms with E-state index in [1.165, 1.54) is 6.92 Å². The molecule has 0 radical (unpaired) electrons. The summed E-state index contributed by atoms with van der Waals surface area (Å²) in [5, 5.41) is 3.19. The zero-order chi connectivity index (χ0) is 16.1. The van der Waals surface area contributed by atoms with E-state index in [4.69, 9.17) is 4.74 Å². The van der Waals surface area contributed by atoms with E-state index in [9.17, 15) is 4.79 Å². The van der Waals surface area contributed by atoms with Crippen molar-refractivity contribution in [3.8, 4) is 11.6 Å². The Morgan fingerprint density at radius 1 is 0.957 bits per heavy atom. The highest BCUT2D eigenvalue weighted by atomic mass is 16.5. The molecule has 0 amide bonds. The molecule has 1 aromatic carbocycles. The number of pyridine rings is 2. The zero-order valence-corrected chi connectivity index (χ0v) is 12.6. The van der Waals surface area contributed by atoms with Crippen molar-refractivity contribution in [2.24, 2.45) is 0 Å². The van der Waals surface area contributed by atoms with Crippen molar-refractivity contribution in [1.29, 1.82) is 0 Å². The molecule has 5 heteroatoms. The van der Waals surface area contributed by atoms with Crippen LogP contribution >= 0.6 is 0 Å². The molecule has 0 fully saturated rings. The summed E-state index contributed by atoms with van der Waals surface area (Å²) >= 11 is 0. The average molecular weight is 305 g/mol. The van der Waals surface area contributed by atoms with Gasteiger partial charge in [-0.05, 0) is 55.5 Å². The number of ether oxygens (including phenoxy) is 1. The second-order valence-corrected chi connectivity index (χ2v) is 4.88. The second kappa shape index (κ2) is 6.70. The number of rotatable bonds is 5. The van der Waals surface area contributed by atoms with Gasteiger partial charge < -0.3 is 10.1 Å². The van der Waals surface area contributed by atoms with Crippen molar-refractivity contribution >= 4 is 17.3 Å². The van der Waals surface area contributed by atoms with Crippen LogP contribution in [0.25, 0.3) is 0 Å². The number of hydrogen-bond donors (Lipinski definition) is 1. The van der Waals surface area contributed by atoms with E-state index in [1.807, 2.05) is 42.5 Å². The van der Waals surface area contributed by atoms with Crippen LogP contribution in [0, 0.1) is 0 Å². The Kier molecular flexibility index (Phi) is 4.29. The first-order valence-corrected chi connectivity index (χ1v) is 7.14. The Bertz CT molecular complexity index is 802. The number of benzene rings is 1. The van der Waals surface area contributed by atoms with Gasteiger partial charge in [-0.25, -0.2) is 9.97 Å². The van der Waals surface area contributed by atoms with Crippen LogP contribution in [0.4, 0.5) is 11.5 Å². The van der Waals surface area contributed by atoms with Crippen molar-refractivity contribution in [2.45, 2.75) is 6.92 Å². The minimum atomic E-state index is -0.0819. The topological polar surface area (TPSA) is 64.1 Å². The van der Waals surface area contributed by atoms with Crippen molar-refractivity contribution in [3.63, 3.8) is 0 Å². The molecule has 0 saturated carbocycles. The van der Waals surface area contributed by atoms with Gasteiger partial charge in [0.1, 0.15) is 11.6 Å². The third-order valence-corrected chi connectivity index (χ3v) is 3.16. The predicted molar refractivity (Wildman–Crippen MR) is 88.3 cm³/mol. The van der Waals surface area contributed by atoms with E-state index >= 15 is 0 Å². The van der Waals surface area contributed by atoms with Gasteiger partial charge in [0.15, 0.2) is 5.78 Å². The summed E-state index contributed by atoms with van der Waals surface area (Å²) in [6.45, 7) is 1.49. The lowest BCUT2D eigenvalue weighted by Crippen LogP contribution is -1.99. The lowest BCUT2D eigenvalue weighted by Gasteiger charge is -2.09. The maximum Gasteiger partial charge on any atom is 0.230 e. The fourth-order valence-electron chi connectivity index (χ4n) is 2.04. The van der Waals surface area contributed by atoms with Gasteiger partial charge in [-0.1, -0.05) is 6.07 Å². The molecule has 0 unspecified atom stereocenters. The van der Waals surface area contributed by atoms with Gasteiger partial charge in [0.2, 0.25) is 5.88 Å². The Balaban J connectivity index is 1.74. The molecule has 5 nitrogen and oxygen atoms in total. The fourth-order valence-corrected chi connectivity index (χ4v) is 2.04. The molecule has 114 valence electrons. The molecule has 0 bridgehead atoms. The molecule has 0 spiro atoms. The van der Waals surface area contributed by atoms with E-state index in [1.54, 1.807) is 24.5 Å². The Morgan fingerprint density at radius 2 is 1.74 bits per heavy atom. The molecule has 0 aliphatic heterocycles. The van der Waals surface area contributed by atoms with Gasteiger partial charge in [-0.3, -0.25) is 4.79 Å². The molecule has 0 saturated heterocycles. The van der Waals surface area contributed by atoms with Crippen LogP contribution in [-0.2, 0) is 0 Å². The van der Waals surface area contributed by atoms with Crippen molar-refractivity contribution in [1.82, 2.24) is 9.97 Å².